The van der Waals surface area contributed by atoms with Crippen LogP contribution in [-0.4, -0.2) is 25.1 Å². The van der Waals surface area contributed by atoms with E-state index in [-0.39, 0.29) is 11.8 Å². The van der Waals surface area contributed by atoms with E-state index in [2.05, 4.69) is 19.2 Å². The fourth-order valence-electron chi connectivity index (χ4n) is 2.83. The molecule has 5 nitrogen and oxygen atoms in total. The zero-order valence-electron chi connectivity index (χ0n) is 16.8. The number of aryl methyl sites for hydroxylation is 2. The lowest BCUT2D eigenvalue weighted by Crippen LogP contribution is -2.30. The molecule has 27 heavy (non-hydrogen) atoms. The van der Waals surface area contributed by atoms with Crippen LogP contribution in [0, 0.1) is 13.8 Å². The van der Waals surface area contributed by atoms with Gasteiger partial charge in [0.25, 0.3) is 5.91 Å². The van der Waals surface area contributed by atoms with Crippen LogP contribution in [0.4, 0.5) is 5.69 Å². The summed E-state index contributed by atoms with van der Waals surface area (Å²) >= 11 is 0. The number of anilines is 1. The molecule has 0 radical (unpaired) electrons. The quantitative estimate of drug-likeness (QED) is 0.755. The van der Waals surface area contributed by atoms with Gasteiger partial charge in [0.1, 0.15) is 11.3 Å². The summed E-state index contributed by atoms with van der Waals surface area (Å²) in [6.45, 7) is 9.51. The summed E-state index contributed by atoms with van der Waals surface area (Å²) in [7, 11) is 1.49. The molecule has 0 aliphatic rings. The lowest BCUT2D eigenvalue weighted by molar-refractivity contribution is -0.123. The normalized spacial score (nSPS) is 11.8. The van der Waals surface area contributed by atoms with Gasteiger partial charge in [0, 0.05) is 5.69 Å². The number of carbonyl (C=O) groups excluding carboxylic acids is 2. The monoisotopic (exact) mass is 369 g/mol. The Kier molecular flexibility index (Phi) is 6.61. The lowest BCUT2D eigenvalue weighted by atomic mass is 9.98. The third kappa shape index (κ3) is 4.88. The van der Waals surface area contributed by atoms with Gasteiger partial charge in [-0.2, -0.15) is 0 Å². The van der Waals surface area contributed by atoms with E-state index in [1.165, 1.54) is 7.11 Å². The molecule has 1 atom stereocenters. The Morgan fingerprint density at radius 2 is 1.74 bits per heavy atom. The Morgan fingerprint density at radius 3 is 2.37 bits per heavy atom. The van der Waals surface area contributed by atoms with Crippen LogP contribution in [0.3, 0.4) is 0 Å². The molecule has 0 saturated heterocycles. The molecule has 2 rings (SSSR count). The molecule has 0 aliphatic carbocycles. The van der Waals surface area contributed by atoms with Crippen LogP contribution >= 0.6 is 0 Å². The third-order valence-corrected chi connectivity index (χ3v) is 4.40. The Hall–Kier alpha value is -2.82. The van der Waals surface area contributed by atoms with E-state index < -0.39 is 12.1 Å². The minimum absolute atomic E-state index is 0.259. The minimum atomic E-state index is -0.942. The summed E-state index contributed by atoms with van der Waals surface area (Å²) < 4.78 is 10.6. The molecule has 0 spiro atoms. The minimum Gasteiger partial charge on any atom is -0.496 e. The highest BCUT2D eigenvalue weighted by atomic mass is 16.5. The van der Waals surface area contributed by atoms with E-state index in [0.717, 1.165) is 22.4 Å². The van der Waals surface area contributed by atoms with Gasteiger partial charge in [0.05, 0.1) is 7.11 Å². The summed E-state index contributed by atoms with van der Waals surface area (Å²) in [6.07, 6.45) is -0.942. The summed E-state index contributed by atoms with van der Waals surface area (Å²) in [6, 6.07) is 11.1. The Bertz CT molecular complexity index is 842. The Balaban J connectivity index is 2.15. The average molecular weight is 369 g/mol. The molecule has 0 aliphatic heterocycles. The fourth-order valence-corrected chi connectivity index (χ4v) is 2.83. The van der Waals surface area contributed by atoms with E-state index >= 15 is 0 Å². The zero-order chi connectivity index (χ0) is 20.1. The van der Waals surface area contributed by atoms with Crippen LogP contribution in [-0.2, 0) is 9.53 Å². The van der Waals surface area contributed by atoms with Crippen molar-refractivity contribution in [2.75, 3.05) is 12.4 Å². The number of hydrogen-bond donors (Lipinski definition) is 1. The maximum Gasteiger partial charge on any atom is 0.342 e. The highest BCUT2D eigenvalue weighted by Crippen LogP contribution is 2.28. The highest BCUT2D eigenvalue weighted by molar-refractivity contribution is 5.99. The van der Waals surface area contributed by atoms with Crippen LogP contribution in [0.2, 0.25) is 0 Å². The van der Waals surface area contributed by atoms with Gasteiger partial charge in [-0.15, -0.1) is 0 Å². The molecule has 2 aromatic carbocycles. The number of ether oxygens (including phenoxy) is 2. The molecule has 0 unspecified atom stereocenters. The SMILES string of the molecule is COc1ccc(C)cc1C(=O)O[C@@H](C)C(=O)Nc1c(C)cccc1C(C)C. The van der Waals surface area contributed by atoms with Crippen molar-refractivity contribution in [1.82, 2.24) is 0 Å². The molecule has 1 amide bonds. The van der Waals surface area contributed by atoms with Crippen molar-refractivity contribution in [2.24, 2.45) is 0 Å². The number of methoxy groups -OCH3 is 1. The number of para-hydroxylation sites is 1. The molecular formula is C22H27NO4. The van der Waals surface area contributed by atoms with Crippen molar-refractivity contribution >= 4 is 17.6 Å². The Labute approximate surface area is 160 Å². The average Bonchev–Trinajstić information content (AvgIpc) is 2.62. The number of hydrogen-bond acceptors (Lipinski definition) is 4. The number of esters is 1. The zero-order valence-corrected chi connectivity index (χ0v) is 16.8. The molecule has 144 valence electrons. The second-order valence-corrected chi connectivity index (χ2v) is 6.93. The van der Waals surface area contributed by atoms with Gasteiger partial charge in [-0.1, -0.05) is 43.7 Å². The molecule has 2 aromatic rings. The van der Waals surface area contributed by atoms with Crippen molar-refractivity contribution in [1.29, 1.82) is 0 Å². The lowest BCUT2D eigenvalue weighted by Gasteiger charge is -2.19. The largest absolute Gasteiger partial charge is 0.496 e. The maximum atomic E-state index is 12.6. The number of nitrogens with one attached hydrogen (secondary N) is 1. The Morgan fingerprint density at radius 1 is 1.04 bits per heavy atom. The molecule has 0 heterocycles. The summed E-state index contributed by atoms with van der Waals surface area (Å²) in [5.41, 5.74) is 3.99. The van der Waals surface area contributed by atoms with E-state index in [9.17, 15) is 9.59 Å². The number of rotatable bonds is 6. The van der Waals surface area contributed by atoms with Gasteiger partial charge in [-0.05, 0) is 49.9 Å². The van der Waals surface area contributed by atoms with E-state index in [4.69, 9.17) is 9.47 Å². The second-order valence-electron chi connectivity index (χ2n) is 6.93. The van der Waals surface area contributed by atoms with Gasteiger partial charge >= 0.3 is 5.97 Å². The first kappa shape index (κ1) is 20.5. The van der Waals surface area contributed by atoms with Crippen molar-refractivity contribution in [3.05, 3.63) is 58.7 Å². The van der Waals surface area contributed by atoms with Crippen molar-refractivity contribution in [3.8, 4) is 5.75 Å². The molecule has 1 N–H and O–H groups in total. The van der Waals surface area contributed by atoms with Crippen LogP contribution in [0.5, 0.6) is 5.75 Å². The van der Waals surface area contributed by atoms with Crippen LogP contribution < -0.4 is 10.1 Å². The molecule has 5 heteroatoms. The van der Waals surface area contributed by atoms with Gasteiger partial charge in [-0.25, -0.2) is 4.79 Å². The van der Waals surface area contributed by atoms with E-state index in [1.807, 2.05) is 38.1 Å². The van der Waals surface area contributed by atoms with Crippen LogP contribution in [0.1, 0.15) is 53.7 Å². The number of benzene rings is 2. The van der Waals surface area contributed by atoms with Crippen molar-refractivity contribution < 1.29 is 19.1 Å². The molecular weight excluding hydrogens is 342 g/mol. The molecule has 0 fully saturated rings. The highest BCUT2D eigenvalue weighted by Gasteiger charge is 2.23. The third-order valence-electron chi connectivity index (χ3n) is 4.40. The fraction of sp³-hybridized carbons (Fsp3) is 0.364. The predicted molar refractivity (Wildman–Crippen MR) is 107 cm³/mol. The van der Waals surface area contributed by atoms with E-state index in [0.29, 0.717) is 11.3 Å². The van der Waals surface area contributed by atoms with Crippen LogP contribution in [0.15, 0.2) is 36.4 Å². The van der Waals surface area contributed by atoms with Crippen LogP contribution in [0.25, 0.3) is 0 Å². The van der Waals surface area contributed by atoms with Crippen molar-refractivity contribution in [2.45, 2.75) is 46.6 Å². The summed E-state index contributed by atoms with van der Waals surface area (Å²) in [5, 5.41) is 2.91. The molecule has 0 saturated carbocycles. The summed E-state index contributed by atoms with van der Waals surface area (Å²) in [4.78, 5) is 25.1. The predicted octanol–water partition coefficient (Wildman–Crippen LogP) is 4.62. The topological polar surface area (TPSA) is 64.6 Å². The molecule has 0 aromatic heterocycles. The first-order valence-electron chi connectivity index (χ1n) is 9.00. The van der Waals surface area contributed by atoms with Gasteiger partial charge in [-0.3, -0.25) is 4.79 Å². The number of carbonyl (C=O) groups is 2. The second kappa shape index (κ2) is 8.71. The first-order valence-corrected chi connectivity index (χ1v) is 9.00. The van der Waals surface area contributed by atoms with Gasteiger partial charge in [0.2, 0.25) is 0 Å². The number of amides is 1. The standard InChI is InChI=1S/C22H27NO4/c1-13(2)17-9-7-8-15(4)20(17)23-21(24)16(5)27-22(25)18-12-14(3)10-11-19(18)26-6/h7-13,16H,1-6H3,(H,23,24)/t16-/m0/s1. The van der Waals surface area contributed by atoms with E-state index in [1.54, 1.807) is 19.1 Å². The molecule has 0 bridgehead atoms. The first-order chi connectivity index (χ1) is 12.7. The maximum absolute atomic E-state index is 12.6. The van der Waals surface area contributed by atoms with Crippen molar-refractivity contribution in [3.63, 3.8) is 0 Å². The van der Waals surface area contributed by atoms with Gasteiger partial charge < -0.3 is 14.8 Å². The summed E-state index contributed by atoms with van der Waals surface area (Å²) in [5.74, 6) is -0.285. The smallest absolute Gasteiger partial charge is 0.342 e. The van der Waals surface area contributed by atoms with Gasteiger partial charge in [0.15, 0.2) is 6.10 Å².